The molecule has 0 saturated carbocycles. The molecule has 100 valence electrons. The first kappa shape index (κ1) is 14.5. The van der Waals surface area contributed by atoms with Gasteiger partial charge in [-0.3, -0.25) is 4.68 Å². The van der Waals surface area contributed by atoms with Crippen LogP contribution in [0.4, 0.5) is 13.2 Å². The molecule has 0 spiro atoms. The summed E-state index contributed by atoms with van der Waals surface area (Å²) in [6, 6.07) is 2.94. The van der Waals surface area contributed by atoms with Crippen molar-refractivity contribution in [3.8, 4) is 6.07 Å². The van der Waals surface area contributed by atoms with Gasteiger partial charge in [0, 0.05) is 12.7 Å². The summed E-state index contributed by atoms with van der Waals surface area (Å²) in [6.07, 6.45) is -1.69. The predicted molar refractivity (Wildman–Crippen MR) is 59.3 cm³/mol. The lowest BCUT2D eigenvalue weighted by Gasteiger charge is -2.18. The number of alkyl halides is 3. The molecule has 0 aliphatic carbocycles. The summed E-state index contributed by atoms with van der Waals surface area (Å²) in [5.41, 5.74) is 3.96. The molecule has 7 heteroatoms. The van der Waals surface area contributed by atoms with E-state index in [1.54, 1.807) is 6.92 Å². The van der Waals surface area contributed by atoms with Crippen LogP contribution < -0.4 is 5.73 Å². The second-order valence-electron chi connectivity index (χ2n) is 4.19. The standard InChI is InChI=1S/C11H15F3N4/c1-2-10(16,8-15)5-3-6-18-7-4-9(17-18)11(12,13)14/h4,7H,2-3,5-6,16H2,1H3. The quantitative estimate of drug-likeness (QED) is 0.883. The maximum Gasteiger partial charge on any atom is 0.435 e. The van der Waals surface area contributed by atoms with E-state index in [0.29, 0.717) is 25.8 Å². The molecule has 0 aromatic carbocycles. The molecule has 0 saturated heterocycles. The summed E-state index contributed by atoms with van der Waals surface area (Å²) in [6.45, 7) is 2.12. The number of aryl methyl sites for hydroxylation is 1. The van der Waals surface area contributed by atoms with E-state index in [2.05, 4.69) is 5.10 Å². The van der Waals surface area contributed by atoms with Crippen molar-refractivity contribution in [2.45, 2.75) is 44.4 Å². The first-order chi connectivity index (χ1) is 8.30. The molecule has 1 atom stereocenters. The lowest BCUT2D eigenvalue weighted by molar-refractivity contribution is -0.141. The molecule has 0 radical (unpaired) electrons. The Balaban J connectivity index is 2.51. The van der Waals surface area contributed by atoms with Crippen LogP contribution in [0.5, 0.6) is 0 Å². The lowest BCUT2D eigenvalue weighted by Crippen LogP contribution is -2.37. The Bertz CT molecular complexity index is 432. The van der Waals surface area contributed by atoms with Crippen LogP contribution >= 0.6 is 0 Å². The van der Waals surface area contributed by atoms with Crippen LogP contribution in [0.25, 0.3) is 0 Å². The fourth-order valence-electron chi connectivity index (χ4n) is 1.51. The van der Waals surface area contributed by atoms with Crippen LogP contribution in [0.2, 0.25) is 0 Å². The van der Waals surface area contributed by atoms with Crippen LogP contribution in [0, 0.1) is 11.3 Å². The van der Waals surface area contributed by atoms with Crippen molar-refractivity contribution in [1.29, 1.82) is 5.26 Å². The average Bonchev–Trinajstić information content (AvgIpc) is 2.77. The molecule has 18 heavy (non-hydrogen) atoms. The van der Waals surface area contributed by atoms with Gasteiger partial charge in [0.1, 0.15) is 5.54 Å². The fourth-order valence-corrected chi connectivity index (χ4v) is 1.51. The van der Waals surface area contributed by atoms with Crippen molar-refractivity contribution in [2.75, 3.05) is 0 Å². The highest BCUT2D eigenvalue weighted by atomic mass is 19.4. The smallest absolute Gasteiger partial charge is 0.313 e. The van der Waals surface area contributed by atoms with E-state index < -0.39 is 17.4 Å². The normalized spacial score (nSPS) is 15.1. The summed E-state index contributed by atoms with van der Waals surface area (Å²) < 4.78 is 38.1. The van der Waals surface area contributed by atoms with Gasteiger partial charge < -0.3 is 5.73 Å². The molecule has 2 N–H and O–H groups in total. The third-order valence-corrected chi connectivity index (χ3v) is 2.79. The third kappa shape index (κ3) is 3.74. The Morgan fingerprint density at radius 3 is 2.61 bits per heavy atom. The zero-order valence-electron chi connectivity index (χ0n) is 10.0. The highest BCUT2D eigenvalue weighted by Crippen LogP contribution is 2.27. The van der Waals surface area contributed by atoms with Gasteiger partial charge in [-0.05, 0) is 25.3 Å². The molecule has 1 unspecified atom stereocenters. The van der Waals surface area contributed by atoms with E-state index in [4.69, 9.17) is 11.0 Å². The van der Waals surface area contributed by atoms with Gasteiger partial charge in [-0.25, -0.2) is 0 Å². The number of aromatic nitrogens is 2. The zero-order chi connectivity index (χ0) is 13.8. The number of nitrogens with zero attached hydrogens (tertiary/aromatic N) is 3. The Kier molecular flexibility index (Phi) is 4.35. The number of hydrogen-bond donors (Lipinski definition) is 1. The summed E-state index contributed by atoms with van der Waals surface area (Å²) in [7, 11) is 0. The molecule has 0 aliphatic heterocycles. The number of nitriles is 1. The minimum atomic E-state index is -4.42. The molecule has 1 aromatic heterocycles. The number of nitrogens with two attached hydrogens (primary N) is 1. The van der Waals surface area contributed by atoms with Gasteiger partial charge >= 0.3 is 6.18 Å². The maximum absolute atomic E-state index is 12.3. The van der Waals surface area contributed by atoms with Crippen molar-refractivity contribution in [1.82, 2.24) is 9.78 Å². The third-order valence-electron chi connectivity index (χ3n) is 2.79. The minimum absolute atomic E-state index is 0.316. The van der Waals surface area contributed by atoms with Gasteiger partial charge in [-0.15, -0.1) is 0 Å². The Labute approximate surface area is 103 Å². The van der Waals surface area contributed by atoms with Crippen LogP contribution in [0.3, 0.4) is 0 Å². The van der Waals surface area contributed by atoms with Gasteiger partial charge in [0.15, 0.2) is 5.69 Å². The van der Waals surface area contributed by atoms with E-state index in [1.807, 2.05) is 6.07 Å². The molecular weight excluding hydrogens is 245 g/mol. The summed E-state index contributed by atoms with van der Waals surface area (Å²) in [4.78, 5) is 0. The highest BCUT2D eigenvalue weighted by Gasteiger charge is 2.33. The lowest BCUT2D eigenvalue weighted by atomic mass is 9.93. The summed E-state index contributed by atoms with van der Waals surface area (Å²) in [5, 5.41) is 12.3. The molecule has 1 rings (SSSR count). The van der Waals surface area contributed by atoms with E-state index in [9.17, 15) is 13.2 Å². The number of rotatable bonds is 5. The van der Waals surface area contributed by atoms with Crippen LogP contribution in [0.15, 0.2) is 12.3 Å². The zero-order valence-corrected chi connectivity index (χ0v) is 10.0. The van der Waals surface area contributed by atoms with Gasteiger partial charge in [0.2, 0.25) is 0 Å². The predicted octanol–water partition coefficient (Wildman–Crippen LogP) is 2.31. The second-order valence-corrected chi connectivity index (χ2v) is 4.19. The summed E-state index contributed by atoms with van der Waals surface area (Å²) in [5.74, 6) is 0. The van der Waals surface area contributed by atoms with E-state index in [1.165, 1.54) is 10.9 Å². The second kappa shape index (κ2) is 5.40. The largest absolute Gasteiger partial charge is 0.435 e. The topological polar surface area (TPSA) is 67.6 Å². The molecule has 0 amide bonds. The first-order valence-corrected chi connectivity index (χ1v) is 5.61. The van der Waals surface area contributed by atoms with E-state index in [0.717, 1.165) is 6.07 Å². The Morgan fingerprint density at radius 2 is 2.17 bits per heavy atom. The number of hydrogen-bond acceptors (Lipinski definition) is 3. The molecule has 0 aliphatic rings. The Hall–Kier alpha value is -1.55. The van der Waals surface area contributed by atoms with Gasteiger partial charge in [0.25, 0.3) is 0 Å². The van der Waals surface area contributed by atoms with Gasteiger partial charge in [-0.2, -0.15) is 23.5 Å². The van der Waals surface area contributed by atoms with Gasteiger partial charge in [-0.1, -0.05) is 6.92 Å². The Morgan fingerprint density at radius 1 is 1.50 bits per heavy atom. The van der Waals surface area contributed by atoms with Crippen molar-refractivity contribution < 1.29 is 13.2 Å². The molecule has 0 fully saturated rings. The minimum Gasteiger partial charge on any atom is -0.313 e. The molecular formula is C11H15F3N4. The van der Waals surface area contributed by atoms with Crippen LogP contribution in [0.1, 0.15) is 31.9 Å². The van der Waals surface area contributed by atoms with Crippen molar-refractivity contribution in [3.63, 3.8) is 0 Å². The highest BCUT2D eigenvalue weighted by molar-refractivity contribution is 5.04. The van der Waals surface area contributed by atoms with Crippen LogP contribution in [-0.2, 0) is 12.7 Å². The van der Waals surface area contributed by atoms with Gasteiger partial charge in [0.05, 0.1) is 6.07 Å². The number of halogens is 3. The maximum atomic E-state index is 12.3. The van der Waals surface area contributed by atoms with Crippen molar-refractivity contribution in [2.24, 2.45) is 5.73 Å². The van der Waals surface area contributed by atoms with Crippen LogP contribution in [-0.4, -0.2) is 15.3 Å². The monoisotopic (exact) mass is 260 g/mol. The first-order valence-electron chi connectivity index (χ1n) is 5.61. The molecule has 0 bridgehead atoms. The molecule has 1 heterocycles. The molecule has 4 nitrogen and oxygen atoms in total. The average molecular weight is 260 g/mol. The fraction of sp³-hybridized carbons (Fsp3) is 0.636. The summed E-state index contributed by atoms with van der Waals surface area (Å²) >= 11 is 0. The van der Waals surface area contributed by atoms with E-state index >= 15 is 0 Å². The van der Waals surface area contributed by atoms with Crippen molar-refractivity contribution in [3.05, 3.63) is 18.0 Å². The van der Waals surface area contributed by atoms with E-state index in [-0.39, 0.29) is 0 Å². The van der Waals surface area contributed by atoms with Crippen molar-refractivity contribution >= 4 is 0 Å². The SMILES string of the molecule is CCC(N)(C#N)CCCn1ccc(C(F)(F)F)n1. The molecule has 1 aromatic rings.